The van der Waals surface area contributed by atoms with Crippen LogP contribution in [-0.2, 0) is 26.1 Å². The van der Waals surface area contributed by atoms with E-state index in [2.05, 4.69) is 14.9 Å². The van der Waals surface area contributed by atoms with E-state index in [1.807, 2.05) is 31.2 Å². The van der Waals surface area contributed by atoms with Gasteiger partial charge in [0.05, 0.1) is 35.0 Å². The van der Waals surface area contributed by atoms with Gasteiger partial charge in [-0.3, -0.25) is 4.79 Å². The second-order valence-corrected chi connectivity index (χ2v) is 10.4. The third-order valence-corrected chi connectivity index (χ3v) is 8.43. The zero-order chi connectivity index (χ0) is 22.7. The molecule has 0 spiro atoms. The van der Waals surface area contributed by atoms with Crippen LogP contribution < -0.4 is 5.32 Å². The number of carbonyl (C=O) groups excluding carboxylic acids is 1. The molecule has 0 radical (unpaired) electrons. The van der Waals surface area contributed by atoms with Crippen LogP contribution in [-0.4, -0.2) is 60.2 Å². The van der Waals surface area contributed by atoms with Crippen molar-refractivity contribution in [2.45, 2.75) is 23.5 Å². The van der Waals surface area contributed by atoms with Crippen molar-refractivity contribution in [2.24, 2.45) is 0 Å². The third kappa shape index (κ3) is 4.79. The minimum absolute atomic E-state index is 0.0284. The monoisotopic (exact) mass is 494 g/mol. The highest BCUT2D eigenvalue weighted by atomic mass is 35.5. The maximum Gasteiger partial charge on any atom is 0.244 e. The zero-order valence-corrected chi connectivity index (χ0v) is 19.8. The molecule has 11 heteroatoms. The number of aryl methyl sites for hydroxylation is 1. The van der Waals surface area contributed by atoms with Crippen LogP contribution in [0.25, 0.3) is 11.0 Å². The lowest BCUT2D eigenvalue weighted by molar-refractivity contribution is -0.113. The Morgan fingerprint density at radius 1 is 1.22 bits per heavy atom. The number of carbonyl (C=O) groups is 1. The number of imidazole rings is 1. The minimum atomic E-state index is -3.78. The highest BCUT2D eigenvalue weighted by Crippen LogP contribution is 2.29. The summed E-state index contributed by atoms with van der Waals surface area (Å²) in [6.07, 6.45) is 0. The first kappa shape index (κ1) is 23.1. The number of morpholine rings is 1. The van der Waals surface area contributed by atoms with Crippen LogP contribution in [0.1, 0.15) is 6.92 Å². The maximum atomic E-state index is 13.0. The molecule has 1 aromatic heterocycles. The Hall–Kier alpha value is -2.11. The van der Waals surface area contributed by atoms with Gasteiger partial charge in [-0.15, -0.1) is 0 Å². The topological polar surface area (TPSA) is 93.5 Å². The summed E-state index contributed by atoms with van der Waals surface area (Å²) in [6.45, 7) is 3.99. The van der Waals surface area contributed by atoms with Crippen molar-refractivity contribution >= 4 is 56.0 Å². The van der Waals surface area contributed by atoms with E-state index in [9.17, 15) is 13.2 Å². The van der Waals surface area contributed by atoms with E-state index in [1.165, 1.54) is 28.2 Å². The molecule has 0 saturated carbocycles. The number of para-hydroxylation sites is 2. The van der Waals surface area contributed by atoms with Gasteiger partial charge in [-0.1, -0.05) is 35.5 Å². The number of rotatable bonds is 7. The fourth-order valence-corrected chi connectivity index (χ4v) is 6.29. The van der Waals surface area contributed by atoms with E-state index in [-0.39, 0.29) is 34.7 Å². The molecule has 1 saturated heterocycles. The average molecular weight is 495 g/mol. The quantitative estimate of drug-likeness (QED) is 0.505. The van der Waals surface area contributed by atoms with Crippen LogP contribution in [0.2, 0.25) is 5.02 Å². The second-order valence-electron chi connectivity index (χ2n) is 7.13. The zero-order valence-electron chi connectivity index (χ0n) is 17.5. The normalized spacial score (nSPS) is 15.2. The van der Waals surface area contributed by atoms with E-state index >= 15 is 0 Å². The molecule has 0 atom stereocenters. The predicted octanol–water partition coefficient (Wildman–Crippen LogP) is 3.46. The average Bonchev–Trinajstić information content (AvgIpc) is 3.17. The maximum absolute atomic E-state index is 13.0. The second kappa shape index (κ2) is 9.80. The highest BCUT2D eigenvalue weighted by molar-refractivity contribution is 7.99. The molecule has 1 fully saturated rings. The Balaban J connectivity index is 1.47. The third-order valence-electron chi connectivity index (χ3n) is 5.07. The lowest BCUT2D eigenvalue weighted by Crippen LogP contribution is -2.40. The Morgan fingerprint density at radius 2 is 1.97 bits per heavy atom. The first-order valence-corrected chi connectivity index (χ1v) is 13.0. The molecule has 1 amide bonds. The number of ether oxygens (including phenoxy) is 1. The summed E-state index contributed by atoms with van der Waals surface area (Å²) < 4.78 is 34.6. The molecule has 0 unspecified atom stereocenters. The number of nitrogens with zero attached hydrogens (tertiary/aromatic N) is 3. The molecule has 0 aliphatic carbocycles. The Kier molecular flexibility index (Phi) is 7.06. The summed E-state index contributed by atoms with van der Waals surface area (Å²) in [7, 11) is -3.78. The number of amides is 1. The van der Waals surface area contributed by atoms with Crippen molar-refractivity contribution in [1.82, 2.24) is 13.9 Å². The summed E-state index contributed by atoms with van der Waals surface area (Å²) >= 11 is 7.52. The summed E-state index contributed by atoms with van der Waals surface area (Å²) in [5.41, 5.74) is 2.28. The number of sulfonamides is 1. The Bertz CT molecular complexity index is 1240. The molecule has 0 bridgehead atoms. The van der Waals surface area contributed by atoms with Crippen molar-refractivity contribution < 1.29 is 17.9 Å². The van der Waals surface area contributed by atoms with E-state index in [4.69, 9.17) is 16.3 Å². The van der Waals surface area contributed by atoms with Crippen molar-refractivity contribution in [3.05, 3.63) is 47.5 Å². The predicted molar refractivity (Wildman–Crippen MR) is 126 cm³/mol. The van der Waals surface area contributed by atoms with Gasteiger partial charge in [0, 0.05) is 25.3 Å². The van der Waals surface area contributed by atoms with Gasteiger partial charge in [0.2, 0.25) is 15.9 Å². The smallest absolute Gasteiger partial charge is 0.244 e. The van der Waals surface area contributed by atoms with E-state index < -0.39 is 10.0 Å². The van der Waals surface area contributed by atoms with Gasteiger partial charge in [0.1, 0.15) is 4.90 Å². The number of benzene rings is 2. The van der Waals surface area contributed by atoms with Crippen LogP contribution in [0.4, 0.5) is 5.69 Å². The molecule has 4 rings (SSSR count). The van der Waals surface area contributed by atoms with E-state index in [0.717, 1.165) is 22.7 Å². The SMILES string of the molecule is CCn1c(SCC(=O)Nc2ccc(Cl)c(S(=O)(=O)N3CCOCC3)c2)nc2ccccc21. The van der Waals surface area contributed by atoms with Gasteiger partial charge in [0.25, 0.3) is 0 Å². The molecule has 1 aliphatic heterocycles. The number of fused-ring (bicyclic) bond motifs is 1. The number of hydrogen-bond donors (Lipinski definition) is 1. The molecular formula is C21H23ClN4O4S2. The van der Waals surface area contributed by atoms with Crippen LogP contribution >= 0.6 is 23.4 Å². The van der Waals surface area contributed by atoms with Gasteiger partial charge >= 0.3 is 0 Å². The van der Waals surface area contributed by atoms with Crippen LogP contribution in [0, 0.1) is 0 Å². The molecule has 170 valence electrons. The molecule has 3 aromatic rings. The first-order valence-electron chi connectivity index (χ1n) is 10.2. The Morgan fingerprint density at radius 3 is 2.72 bits per heavy atom. The summed E-state index contributed by atoms with van der Waals surface area (Å²) in [6, 6.07) is 12.3. The molecular weight excluding hydrogens is 472 g/mol. The van der Waals surface area contributed by atoms with E-state index in [0.29, 0.717) is 18.9 Å². The van der Waals surface area contributed by atoms with Gasteiger partial charge in [-0.2, -0.15) is 4.31 Å². The van der Waals surface area contributed by atoms with Gasteiger partial charge in [-0.25, -0.2) is 13.4 Å². The Labute approximate surface area is 195 Å². The number of hydrogen-bond acceptors (Lipinski definition) is 6. The van der Waals surface area contributed by atoms with Gasteiger partial charge < -0.3 is 14.6 Å². The largest absolute Gasteiger partial charge is 0.379 e. The summed E-state index contributed by atoms with van der Waals surface area (Å²) in [4.78, 5) is 17.1. The summed E-state index contributed by atoms with van der Waals surface area (Å²) in [5.74, 6) is -0.126. The lowest BCUT2D eigenvalue weighted by Gasteiger charge is -2.26. The number of halogens is 1. The van der Waals surface area contributed by atoms with Crippen LogP contribution in [0.3, 0.4) is 0 Å². The summed E-state index contributed by atoms with van der Waals surface area (Å²) in [5, 5.41) is 3.63. The first-order chi connectivity index (χ1) is 15.4. The molecule has 1 aliphatic rings. The fourth-order valence-electron chi connectivity index (χ4n) is 3.50. The lowest BCUT2D eigenvalue weighted by atomic mass is 10.3. The van der Waals surface area contributed by atoms with Crippen molar-refractivity contribution in [1.29, 1.82) is 0 Å². The molecule has 2 heterocycles. The fraction of sp³-hybridized carbons (Fsp3) is 0.333. The number of anilines is 1. The highest BCUT2D eigenvalue weighted by Gasteiger charge is 2.28. The molecule has 32 heavy (non-hydrogen) atoms. The van der Waals surface area contributed by atoms with E-state index in [1.54, 1.807) is 6.07 Å². The van der Waals surface area contributed by atoms with Crippen LogP contribution in [0.15, 0.2) is 52.5 Å². The molecule has 1 N–H and O–H groups in total. The van der Waals surface area contributed by atoms with Crippen molar-refractivity contribution in [3.63, 3.8) is 0 Å². The standard InChI is InChI=1S/C21H23ClN4O4S2/c1-2-26-18-6-4-3-5-17(18)24-21(26)31-14-20(27)23-15-7-8-16(22)19(13-15)32(28,29)25-9-11-30-12-10-25/h3-8,13H,2,9-12,14H2,1H3,(H,23,27). The molecule has 2 aromatic carbocycles. The number of aromatic nitrogens is 2. The van der Waals surface area contributed by atoms with Crippen molar-refractivity contribution in [2.75, 3.05) is 37.4 Å². The van der Waals surface area contributed by atoms with Crippen LogP contribution in [0.5, 0.6) is 0 Å². The number of thioether (sulfide) groups is 1. The van der Waals surface area contributed by atoms with Gasteiger partial charge in [0.15, 0.2) is 5.16 Å². The minimum Gasteiger partial charge on any atom is -0.379 e. The van der Waals surface area contributed by atoms with Crippen molar-refractivity contribution in [3.8, 4) is 0 Å². The number of nitrogens with one attached hydrogen (secondary N) is 1. The molecule has 8 nitrogen and oxygen atoms in total. The van der Waals surface area contributed by atoms with Gasteiger partial charge in [-0.05, 0) is 37.3 Å².